The Bertz CT molecular complexity index is 196. The van der Waals surface area contributed by atoms with Crippen LogP contribution in [0.2, 0.25) is 0 Å². The quantitative estimate of drug-likeness (QED) is 0.679. The van der Waals surface area contributed by atoms with Crippen molar-refractivity contribution in [3.05, 3.63) is 0 Å². The zero-order valence-corrected chi connectivity index (χ0v) is 8.65. The Morgan fingerprint density at radius 2 is 2.36 bits per heavy atom. The van der Waals surface area contributed by atoms with Crippen LogP contribution in [0, 0.1) is 0 Å². The lowest BCUT2D eigenvalue weighted by molar-refractivity contribution is -0.142. The van der Waals surface area contributed by atoms with Crippen LogP contribution in [-0.2, 0) is 4.79 Å². The van der Waals surface area contributed by atoms with E-state index in [4.69, 9.17) is 5.11 Å². The second-order valence-corrected chi connectivity index (χ2v) is 3.81. The molecule has 0 saturated carbocycles. The molecule has 82 valence electrons. The fourth-order valence-corrected chi connectivity index (χ4v) is 1.90. The normalized spacial score (nSPS) is 23.9. The van der Waals surface area contributed by atoms with Crippen molar-refractivity contribution >= 4 is 5.91 Å². The summed E-state index contributed by atoms with van der Waals surface area (Å²) >= 11 is 0. The fraction of sp³-hybridized carbons (Fsp3) is 0.900. The van der Waals surface area contributed by atoms with E-state index in [9.17, 15) is 9.90 Å². The molecule has 1 saturated heterocycles. The number of aliphatic hydroxyl groups excluding tert-OH is 2. The van der Waals surface area contributed by atoms with Gasteiger partial charge in [0.2, 0.25) is 0 Å². The SMILES string of the molecule is CCC[C@@H](O)C(=O)N1CCC[C@H]1CO. The van der Waals surface area contributed by atoms with Crippen LogP contribution in [0.4, 0.5) is 0 Å². The van der Waals surface area contributed by atoms with Gasteiger partial charge in [0.15, 0.2) is 0 Å². The third-order valence-corrected chi connectivity index (χ3v) is 2.72. The van der Waals surface area contributed by atoms with Crippen LogP contribution in [0.3, 0.4) is 0 Å². The second kappa shape index (κ2) is 5.32. The van der Waals surface area contributed by atoms with E-state index in [0.29, 0.717) is 13.0 Å². The molecule has 14 heavy (non-hydrogen) atoms. The average molecular weight is 201 g/mol. The molecule has 1 aliphatic heterocycles. The lowest BCUT2D eigenvalue weighted by Crippen LogP contribution is -2.43. The molecule has 0 aromatic heterocycles. The van der Waals surface area contributed by atoms with Gasteiger partial charge in [-0.1, -0.05) is 13.3 Å². The summed E-state index contributed by atoms with van der Waals surface area (Å²) in [6, 6.07) is -0.0750. The highest BCUT2D eigenvalue weighted by molar-refractivity contribution is 5.81. The summed E-state index contributed by atoms with van der Waals surface area (Å²) in [5.41, 5.74) is 0. The topological polar surface area (TPSA) is 60.8 Å². The molecular formula is C10H19NO3. The number of hydrogen-bond acceptors (Lipinski definition) is 3. The Labute approximate surface area is 84.5 Å². The Hall–Kier alpha value is -0.610. The van der Waals surface area contributed by atoms with Crippen LogP contribution in [0.25, 0.3) is 0 Å². The zero-order chi connectivity index (χ0) is 10.6. The van der Waals surface area contributed by atoms with Crippen molar-refractivity contribution < 1.29 is 15.0 Å². The summed E-state index contributed by atoms with van der Waals surface area (Å²) in [7, 11) is 0. The minimum absolute atomic E-state index is 0.00455. The van der Waals surface area contributed by atoms with Crippen molar-refractivity contribution in [2.75, 3.05) is 13.2 Å². The van der Waals surface area contributed by atoms with Crippen LogP contribution in [0.5, 0.6) is 0 Å². The molecule has 4 heteroatoms. The number of carbonyl (C=O) groups is 1. The van der Waals surface area contributed by atoms with Gasteiger partial charge >= 0.3 is 0 Å². The maximum atomic E-state index is 11.7. The highest BCUT2D eigenvalue weighted by Gasteiger charge is 2.31. The molecule has 1 amide bonds. The number of nitrogens with zero attached hydrogens (tertiary/aromatic N) is 1. The predicted molar refractivity (Wildman–Crippen MR) is 52.7 cm³/mol. The molecule has 2 atom stereocenters. The first-order valence-corrected chi connectivity index (χ1v) is 5.30. The predicted octanol–water partition coefficient (Wildman–Crippen LogP) is 0.131. The second-order valence-electron chi connectivity index (χ2n) is 3.81. The van der Waals surface area contributed by atoms with E-state index in [1.807, 2.05) is 6.92 Å². The maximum absolute atomic E-state index is 11.7. The smallest absolute Gasteiger partial charge is 0.251 e. The summed E-state index contributed by atoms with van der Waals surface area (Å²) in [4.78, 5) is 13.3. The molecule has 4 nitrogen and oxygen atoms in total. The minimum Gasteiger partial charge on any atom is -0.394 e. The lowest BCUT2D eigenvalue weighted by Gasteiger charge is -2.25. The van der Waals surface area contributed by atoms with Gasteiger partial charge in [0.1, 0.15) is 6.10 Å². The Balaban J connectivity index is 2.50. The van der Waals surface area contributed by atoms with Crippen LogP contribution in [0.1, 0.15) is 32.6 Å². The first-order chi connectivity index (χ1) is 6.70. The lowest BCUT2D eigenvalue weighted by atomic mass is 10.1. The number of hydrogen-bond donors (Lipinski definition) is 2. The van der Waals surface area contributed by atoms with Crippen molar-refractivity contribution in [1.82, 2.24) is 4.90 Å². The summed E-state index contributed by atoms with van der Waals surface area (Å²) in [5, 5.41) is 18.5. The molecule has 1 heterocycles. The van der Waals surface area contributed by atoms with E-state index in [1.165, 1.54) is 0 Å². The Morgan fingerprint density at radius 1 is 1.64 bits per heavy atom. The molecule has 0 aromatic carbocycles. The van der Waals surface area contributed by atoms with Gasteiger partial charge in [0, 0.05) is 6.54 Å². The molecule has 1 aliphatic rings. The van der Waals surface area contributed by atoms with Crippen molar-refractivity contribution in [2.24, 2.45) is 0 Å². The zero-order valence-electron chi connectivity index (χ0n) is 8.65. The van der Waals surface area contributed by atoms with Gasteiger partial charge in [-0.15, -0.1) is 0 Å². The molecule has 0 radical (unpaired) electrons. The van der Waals surface area contributed by atoms with Crippen molar-refractivity contribution in [2.45, 2.75) is 44.8 Å². The van der Waals surface area contributed by atoms with Gasteiger partial charge in [0.25, 0.3) is 5.91 Å². The fourth-order valence-electron chi connectivity index (χ4n) is 1.90. The van der Waals surface area contributed by atoms with E-state index < -0.39 is 6.10 Å². The standard InChI is InChI=1S/C10H19NO3/c1-2-4-9(13)10(14)11-6-3-5-8(11)7-12/h8-9,12-13H,2-7H2,1H3/t8-,9+/m0/s1. The van der Waals surface area contributed by atoms with Crippen molar-refractivity contribution in [3.8, 4) is 0 Å². The van der Waals surface area contributed by atoms with Crippen LogP contribution >= 0.6 is 0 Å². The summed E-state index contributed by atoms with van der Waals surface area (Å²) in [6.45, 7) is 2.61. The van der Waals surface area contributed by atoms with Gasteiger partial charge in [0.05, 0.1) is 12.6 Å². The van der Waals surface area contributed by atoms with Crippen molar-refractivity contribution in [1.29, 1.82) is 0 Å². The number of likely N-dealkylation sites (tertiary alicyclic amines) is 1. The summed E-state index contributed by atoms with van der Waals surface area (Å²) < 4.78 is 0. The van der Waals surface area contributed by atoms with Gasteiger partial charge in [-0.25, -0.2) is 0 Å². The van der Waals surface area contributed by atoms with Gasteiger partial charge in [-0.2, -0.15) is 0 Å². The number of carbonyl (C=O) groups excluding carboxylic acids is 1. The molecule has 2 N–H and O–H groups in total. The van der Waals surface area contributed by atoms with Gasteiger partial charge in [-0.3, -0.25) is 4.79 Å². The molecule has 0 bridgehead atoms. The summed E-state index contributed by atoms with van der Waals surface area (Å²) in [5.74, 6) is -0.219. The average Bonchev–Trinajstić information content (AvgIpc) is 2.64. The highest BCUT2D eigenvalue weighted by atomic mass is 16.3. The third-order valence-electron chi connectivity index (χ3n) is 2.72. The first kappa shape index (κ1) is 11.5. The molecule has 0 spiro atoms. The third kappa shape index (κ3) is 2.45. The van der Waals surface area contributed by atoms with E-state index in [2.05, 4.69) is 0 Å². The van der Waals surface area contributed by atoms with Crippen LogP contribution in [-0.4, -0.2) is 46.3 Å². The van der Waals surface area contributed by atoms with Gasteiger partial charge in [-0.05, 0) is 19.3 Å². The van der Waals surface area contributed by atoms with E-state index in [0.717, 1.165) is 19.3 Å². The van der Waals surface area contributed by atoms with E-state index >= 15 is 0 Å². The monoisotopic (exact) mass is 201 g/mol. The number of amides is 1. The van der Waals surface area contributed by atoms with Crippen LogP contribution in [0.15, 0.2) is 0 Å². The molecular weight excluding hydrogens is 182 g/mol. The Kier molecular flexibility index (Phi) is 4.35. The molecule has 1 rings (SSSR count). The Morgan fingerprint density at radius 3 is 2.93 bits per heavy atom. The number of aliphatic hydroxyl groups is 2. The van der Waals surface area contributed by atoms with E-state index in [1.54, 1.807) is 4.90 Å². The first-order valence-electron chi connectivity index (χ1n) is 5.30. The van der Waals surface area contributed by atoms with Crippen LogP contribution < -0.4 is 0 Å². The summed E-state index contributed by atoms with van der Waals surface area (Å²) in [6.07, 6.45) is 2.20. The van der Waals surface area contributed by atoms with Gasteiger partial charge < -0.3 is 15.1 Å². The highest BCUT2D eigenvalue weighted by Crippen LogP contribution is 2.18. The minimum atomic E-state index is -0.882. The molecule has 0 unspecified atom stereocenters. The molecule has 0 aliphatic carbocycles. The molecule has 1 fully saturated rings. The number of rotatable bonds is 4. The maximum Gasteiger partial charge on any atom is 0.251 e. The van der Waals surface area contributed by atoms with E-state index in [-0.39, 0.29) is 18.6 Å². The largest absolute Gasteiger partial charge is 0.394 e. The molecule has 0 aromatic rings. The van der Waals surface area contributed by atoms with Crippen molar-refractivity contribution in [3.63, 3.8) is 0 Å².